The lowest BCUT2D eigenvalue weighted by Crippen LogP contribution is -2.17. The zero-order chi connectivity index (χ0) is 12.6. The van der Waals surface area contributed by atoms with E-state index in [-0.39, 0.29) is 5.78 Å². The quantitative estimate of drug-likeness (QED) is 0.220. The number of hydrogen-bond acceptors (Lipinski definition) is 2. The van der Waals surface area contributed by atoms with Crippen LogP contribution in [0, 0.1) is 0 Å². The highest BCUT2D eigenvalue weighted by Gasteiger charge is 2.17. The second-order valence-corrected chi connectivity index (χ2v) is 4.31. The van der Waals surface area contributed by atoms with Gasteiger partial charge in [0.1, 0.15) is 0 Å². The fraction of sp³-hybridized carbons (Fsp3) is 0.583. The zero-order valence-electron chi connectivity index (χ0n) is 10.4. The van der Waals surface area contributed by atoms with Crippen molar-refractivity contribution in [3.05, 3.63) is 34.2 Å². The van der Waals surface area contributed by atoms with Gasteiger partial charge in [-0.15, -0.1) is 0 Å². The average molecular weight is 221 g/mol. The molecule has 4 nitrogen and oxygen atoms in total. The Bertz CT molecular complexity index is 347. The SMILES string of the molecule is CC(=O)/C=C/[C@@](C)(CCC=C(C)C)N=[N+]=[N-]. The van der Waals surface area contributed by atoms with Crippen molar-refractivity contribution < 1.29 is 4.79 Å². The van der Waals surface area contributed by atoms with Gasteiger partial charge in [-0.2, -0.15) is 0 Å². The smallest absolute Gasteiger partial charge is 0.152 e. The van der Waals surface area contributed by atoms with Crippen LogP contribution in [0.2, 0.25) is 0 Å². The Morgan fingerprint density at radius 2 is 2.06 bits per heavy atom. The number of rotatable bonds is 6. The minimum atomic E-state index is -0.619. The van der Waals surface area contributed by atoms with Crippen molar-refractivity contribution in [3.8, 4) is 0 Å². The second kappa shape index (κ2) is 6.85. The first-order valence-corrected chi connectivity index (χ1v) is 5.29. The zero-order valence-corrected chi connectivity index (χ0v) is 10.4. The number of ketones is 1. The molecule has 0 radical (unpaired) electrons. The molecule has 0 aromatic rings. The molecule has 0 fully saturated rings. The van der Waals surface area contributed by atoms with Crippen molar-refractivity contribution in [3.63, 3.8) is 0 Å². The molecule has 0 aliphatic rings. The number of nitrogens with zero attached hydrogens (tertiary/aromatic N) is 3. The van der Waals surface area contributed by atoms with Crippen molar-refractivity contribution >= 4 is 5.78 Å². The first-order chi connectivity index (χ1) is 7.39. The van der Waals surface area contributed by atoms with Gasteiger partial charge in [-0.3, -0.25) is 4.79 Å². The molecule has 0 heterocycles. The summed E-state index contributed by atoms with van der Waals surface area (Å²) in [6.07, 6.45) is 6.75. The third kappa shape index (κ3) is 6.85. The van der Waals surface area contributed by atoms with Crippen LogP contribution in [-0.4, -0.2) is 11.3 Å². The molecule has 0 unspecified atom stereocenters. The Morgan fingerprint density at radius 1 is 1.44 bits per heavy atom. The number of hydrogen-bond donors (Lipinski definition) is 0. The number of carbonyl (C=O) groups is 1. The van der Waals surface area contributed by atoms with E-state index in [1.54, 1.807) is 6.08 Å². The highest BCUT2D eigenvalue weighted by Crippen LogP contribution is 2.20. The molecule has 0 spiro atoms. The molecule has 0 aliphatic carbocycles. The Hall–Kier alpha value is -1.54. The van der Waals surface area contributed by atoms with E-state index in [0.29, 0.717) is 6.42 Å². The average Bonchev–Trinajstić information content (AvgIpc) is 2.15. The van der Waals surface area contributed by atoms with E-state index < -0.39 is 5.54 Å². The van der Waals surface area contributed by atoms with Crippen molar-refractivity contribution in [2.75, 3.05) is 0 Å². The molecule has 0 bridgehead atoms. The van der Waals surface area contributed by atoms with Crippen LogP contribution in [0.25, 0.3) is 10.4 Å². The topological polar surface area (TPSA) is 65.8 Å². The monoisotopic (exact) mass is 221 g/mol. The maximum absolute atomic E-state index is 10.8. The molecule has 0 aliphatic heterocycles. The van der Waals surface area contributed by atoms with Crippen molar-refractivity contribution in [1.82, 2.24) is 0 Å². The van der Waals surface area contributed by atoms with Gasteiger partial charge in [0, 0.05) is 4.91 Å². The van der Waals surface area contributed by atoms with Gasteiger partial charge in [-0.1, -0.05) is 29.8 Å². The summed E-state index contributed by atoms with van der Waals surface area (Å²) in [6.45, 7) is 7.35. The maximum atomic E-state index is 10.8. The van der Waals surface area contributed by atoms with E-state index in [0.717, 1.165) is 6.42 Å². The molecule has 0 aromatic carbocycles. The second-order valence-electron chi connectivity index (χ2n) is 4.31. The lowest BCUT2D eigenvalue weighted by atomic mass is 9.95. The molecular formula is C12H19N3O. The van der Waals surface area contributed by atoms with Gasteiger partial charge in [-0.05, 0) is 45.2 Å². The highest BCUT2D eigenvalue weighted by atomic mass is 16.1. The molecule has 16 heavy (non-hydrogen) atoms. The summed E-state index contributed by atoms with van der Waals surface area (Å²) in [5.41, 5.74) is 9.12. The van der Waals surface area contributed by atoms with Gasteiger partial charge in [0.15, 0.2) is 5.78 Å². The molecule has 0 rings (SSSR count). The number of azide groups is 1. The largest absolute Gasteiger partial charge is 0.295 e. The van der Waals surface area contributed by atoms with Crippen LogP contribution in [0.3, 0.4) is 0 Å². The fourth-order valence-electron chi connectivity index (χ4n) is 1.22. The summed E-state index contributed by atoms with van der Waals surface area (Å²) in [7, 11) is 0. The number of carbonyl (C=O) groups excluding carboxylic acids is 1. The molecule has 0 saturated heterocycles. The summed E-state index contributed by atoms with van der Waals surface area (Å²) in [5.74, 6) is -0.0402. The normalized spacial score (nSPS) is 14.0. The summed E-state index contributed by atoms with van der Waals surface area (Å²) in [5, 5.41) is 3.74. The van der Waals surface area contributed by atoms with Crippen LogP contribution < -0.4 is 0 Å². The van der Waals surface area contributed by atoms with Crippen molar-refractivity contribution in [2.24, 2.45) is 5.11 Å². The van der Waals surface area contributed by atoms with Crippen LogP contribution in [0.1, 0.15) is 40.5 Å². The van der Waals surface area contributed by atoms with E-state index in [1.165, 1.54) is 18.6 Å². The Morgan fingerprint density at radius 3 is 2.50 bits per heavy atom. The van der Waals surface area contributed by atoms with E-state index >= 15 is 0 Å². The van der Waals surface area contributed by atoms with E-state index in [1.807, 2.05) is 20.8 Å². The summed E-state index contributed by atoms with van der Waals surface area (Å²) < 4.78 is 0. The van der Waals surface area contributed by atoms with Crippen LogP contribution in [-0.2, 0) is 4.79 Å². The van der Waals surface area contributed by atoms with Gasteiger partial charge in [0.05, 0.1) is 5.54 Å². The first kappa shape index (κ1) is 14.5. The van der Waals surface area contributed by atoms with Crippen LogP contribution in [0.15, 0.2) is 28.9 Å². The first-order valence-electron chi connectivity index (χ1n) is 5.29. The van der Waals surface area contributed by atoms with Crippen LogP contribution in [0.5, 0.6) is 0 Å². The van der Waals surface area contributed by atoms with Gasteiger partial charge in [0.2, 0.25) is 0 Å². The van der Waals surface area contributed by atoms with Crippen LogP contribution in [0.4, 0.5) is 0 Å². The summed E-state index contributed by atoms with van der Waals surface area (Å²) in [4.78, 5) is 13.7. The molecule has 4 heteroatoms. The van der Waals surface area contributed by atoms with Crippen molar-refractivity contribution in [2.45, 2.75) is 46.1 Å². The lowest BCUT2D eigenvalue weighted by molar-refractivity contribution is -0.112. The standard InChI is InChI=1S/C12H19N3O/c1-10(2)6-5-8-12(4,14-15-13)9-7-11(3)16/h6-7,9H,5,8H2,1-4H3/b9-7+/t12-/m1/s1. The summed E-state index contributed by atoms with van der Waals surface area (Å²) in [6, 6.07) is 0. The van der Waals surface area contributed by atoms with Crippen molar-refractivity contribution in [1.29, 1.82) is 0 Å². The van der Waals surface area contributed by atoms with Gasteiger partial charge < -0.3 is 0 Å². The Balaban J connectivity index is 4.63. The van der Waals surface area contributed by atoms with E-state index in [2.05, 4.69) is 16.1 Å². The van der Waals surface area contributed by atoms with Crippen LogP contribution >= 0.6 is 0 Å². The third-order valence-electron chi connectivity index (χ3n) is 2.15. The number of allylic oxidation sites excluding steroid dienone is 3. The van der Waals surface area contributed by atoms with E-state index in [4.69, 9.17) is 5.53 Å². The predicted molar refractivity (Wildman–Crippen MR) is 66.0 cm³/mol. The molecule has 0 N–H and O–H groups in total. The molecular weight excluding hydrogens is 202 g/mol. The maximum Gasteiger partial charge on any atom is 0.152 e. The minimum absolute atomic E-state index is 0.0402. The van der Waals surface area contributed by atoms with Gasteiger partial charge in [-0.25, -0.2) is 0 Å². The van der Waals surface area contributed by atoms with Gasteiger partial charge in [0.25, 0.3) is 0 Å². The Kier molecular flexibility index (Phi) is 6.19. The molecule has 0 amide bonds. The molecule has 88 valence electrons. The highest BCUT2D eigenvalue weighted by molar-refractivity contribution is 5.87. The lowest BCUT2D eigenvalue weighted by Gasteiger charge is -2.18. The predicted octanol–water partition coefficient (Wildman–Crippen LogP) is 3.95. The van der Waals surface area contributed by atoms with E-state index in [9.17, 15) is 4.79 Å². The minimum Gasteiger partial charge on any atom is -0.295 e. The third-order valence-corrected chi connectivity index (χ3v) is 2.15. The van der Waals surface area contributed by atoms with Gasteiger partial charge >= 0.3 is 0 Å². The Labute approximate surface area is 96.7 Å². The fourth-order valence-corrected chi connectivity index (χ4v) is 1.22. The molecule has 1 atom stereocenters. The molecule has 0 saturated carbocycles. The molecule has 0 aromatic heterocycles. The summed E-state index contributed by atoms with van der Waals surface area (Å²) >= 11 is 0.